The number of para-hydroxylation sites is 2. The Balaban J connectivity index is 1.79. The second-order valence-electron chi connectivity index (χ2n) is 8.20. The highest BCUT2D eigenvalue weighted by molar-refractivity contribution is 7.90. The molecule has 0 aliphatic rings. The fraction of sp³-hybridized carbons (Fsp3) is 0.231. The van der Waals surface area contributed by atoms with E-state index in [0.717, 1.165) is 0 Å². The van der Waals surface area contributed by atoms with Crippen molar-refractivity contribution in [3.63, 3.8) is 0 Å². The lowest BCUT2D eigenvalue weighted by atomic mass is 10.2. The van der Waals surface area contributed by atoms with Crippen LogP contribution in [0.1, 0.15) is 17.5 Å². The highest BCUT2D eigenvalue weighted by Crippen LogP contribution is 2.36. The first-order chi connectivity index (χ1) is 18.8. The number of rotatable bonds is 11. The van der Waals surface area contributed by atoms with Crippen molar-refractivity contribution in [1.29, 1.82) is 0 Å². The van der Waals surface area contributed by atoms with Crippen molar-refractivity contribution in [3.8, 4) is 34.6 Å². The number of amides is 1. The highest BCUT2D eigenvalue weighted by atomic mass is 32.2. The molecule has 12 nitrogen and oxygen atoms in total. The molecule has 4 aromatic rings. The lowest BCUT2D eigenvalue weighted by Crippen LogP contribution is -2.39. The Morgan fingerprint density at radius 3 is 2.26 bits per heavy atom. The van der Waals surface area contributed by atoms with Gasteiger partial charge in [0.25, 0.3) is 10.0 Å². The van der Waals surface area contributed by atoms with Gasteiger partial charge in [0, 0.05) is 18.8 Å². The van der Waals surface area contributed by atoms with Gasteiger partial charge in [0.1, 0.15) is 28.8 Å². The molecule has 2 aromatic carbocycles. The monoisotopic (exact) mass is 552 g/mol. The van der Waals surface area contributed by atoms with Crippen LogP contribution in [0.25, 0.3) is 17.2 Å². The Morgan fingerprint density at radius 1 is 0.949 bits per heavy atom. The molecule has 0 unspecified atom stereocenters. The number of hydrogen-bond donors (Lipinski definition) is 1. The Hall–Kier alpha value is -4.65. The Morgan fingerprint density at radius 2 is 1.62 bits per heavy atom. The van der Waals surface area contributed by atoms with E-state index < -0.39 is 21.8 Å². The third kappa shape index (κ3) is 6.09. The predicted molar refractivity (Wildman–Crippen MR) is 145 cm³/mol. The summed E-state index contributed by atoms with van der Waals surface area (Å²) in [5.41, 5.74) is 1.28. The predicted octanol–water partition coefficient (Wildman–Crippen LogP) is 2.90. The summed E-state index contributed by atoms with van der Waals surface area (Å²) in [5, 5.41) is 8.24. The molecule has 4 rings (SSSR count). The van der Waals surface area contributed by atoms with E-state index in [0.29, 0.717) is 35.4 Å². The van der Waals surface area contributed by atoms with Crippen LogP contribution < -0.4 is 23.8 Å². The van der Waals surface area contributed by atoms with E-state index in [1.807, 2.05) is 13.0 Å². The molecule has 0 aliphatic heterocycles. The molecule has 0 spiro atoms. The average molecular weight is 553 g/mol. The molecule has 39 heavy (non-hydrogen) atoms. The first kappa shape index (κ1) is 27.4. The highest BCUT2D eigenvalue weighted by Gasteiger charge is 2.29. The molecular formula is C26H28N6O6S. The van der Waals surface area contributed by atoms with E-state index in [-0.39, 0.29) is 17.3 Å². The number of ether oxygens (including phenoxy) is 3. The summed E-state index contributed by atoms with van der Waals surface area (Å²) in [6, 6.07) is 19.0. The van der Waals surface area contributed by atoms with Gasteiger partial charge in [-0.2, -0.15) is 0 Å². The van der Waals surface area contributed by atoms with E-state index in [2.05, 4.69) is 19.9 Å². The molecule has 0 atom stereocenters. The molecule has 0 saturated carbocycles. The molecule has 13 heteroatoms. The third-order valence-electron chi connectivity index (χ3n) is 5.55. The SMILES string of the molecule is CCOc1cccc(-c2nnc(C(=O)NS(=O)(=O)CN(C)c3ccccc3)n2-c2c(OC)cccc2OC)n1. The molecule has 0 radical (unpaired) electrons. The maximum atomic E-state index is 13.4. The number of methoxy groups -OCH3 is 2. The molecule has 2 heterocycles. The van der Waals surface area contributed by atoms with Crippen LogP contribution in [0.15, 0.2) is 66.7 Å². The number of aromatic nitrogens is 4. The zero-order chi connectivity index (χ0) is 28.0. The first-order valence-corrected chi connectivity index (χ1v) is 13.5. The summed E-state index contributed by atoms with van der Waals surface area (Å²) in [4.78, 5) is 19.4. The van der Waals surface area contributed by atoms with Crippen LogP contribution in [0.3, 0.4) is 0 Å². The van der Waals surface area contributed by atoms with E-state index >= 15 is 0 Å². The van der Waals surface area contributed by atoms with Gasteiger partial charge >= 0.3 is 5.91 Å². The number of nitrogens with zero attached hydrogens (tertiary/aromatic N) is 5. The molecule has 1 N–H and O–H groups in total. The first-order valence-electron chi connectivity index (χ1n) is 11.9. The van der Waals surface area contributed by atoms with Crippen molar-refractivity contribution >= 4 is 21.6 Å². The van der Waals surface area contributed by atoms with Crippen molar-refractivity contribution in [2.24, 2.45) is 0 Å². The molecule has 204 valence electrons. The van der Waals surface area contributed by atoms with E-state index in [4.69, 9.17) is 14.2 Å². The van der Waals surface area contributed by atoms with Crippen LogP contribution in [0.4, 0.5) is 5.69 Å². The minimum Gasteiger partial charge on any atom is -0.494 e. The quantitative estimate of drug-likeness (QED) is 0.296. The number of carbonyl (C=O) groups excluding carboxylic acids is 1. The fourth-order valence-corrected chi connectivity index (χ4v) is 4.96. The van der Waals surface area contributed by atoms with E-state index in [1.165, 1.54) is 23.7 Å². The number of nitrogens with one attached hydrogen (secondary N) is 1. The molecule has 0 fully saturated rings. The van der Waals surface area contributed by atoms with Gasteiger partial charge in [-0.3, -0.25) is 9.36 Å². The molecule has 0 aliphatic carbocycles. The van der Waals surface area contributed by atoms with Gasteiger partial charge < -0.3 is 19.1 Å². The molecule has 0 bridgehead atoms. The normalized spacial score (nSPS) is 11.1. The van der Waals surface area contributed by atoms with E-state index in [9.17, 15) is 13.2 Å². The van der Waals surface area contributed by atoms with Crippen LogP contribution in [0.2, 0.25) is 0 Å². The zero-order valence-corrected chi connectivity index (χ0v) is 22.7. The van der Waals surface area contributed by atoms with Gasteiger partial charge in [-0.25, -0.2) is 18.1 Å². The maximum absolute atomic E-state index is 13.4. The molecule has 0 saturated heterocycles. The number of anilines is 1. The Labute approximate surface area is 226 Å². The van der Waals surface area contributed by atoms with Gasteiger partial charge in [0.2, 0.25) is 11.7 Å². The molecule has 2 aromatic heterocycles. The summed E-state index contributed by atoms with van der Waals surface area (Å²) in [6.07, 6.45) is 0. The fourth-order valence-electron chi connectivity index (χ4n) is 3.86. The Bertz CT molecular complexity index is 1540. The van der Waals surface area contributed by atoms with Crippen LogP contribution in [-0.2, 0) is 10.0 Å². The van der Waals surface area contributed by atoms with E-state index in [1.54, 1.807) is 67.7 Å². The van der Waals surface area contributed by atoms with Crippen molar-refractivity contribution < 1.29 is 27.4 Å². The summed E-state index contributed by atoms with van der Waals surface area (Å²) in [7, 11) is 0.395. The second kappa shape index (κ2) is 11.8. The summed E-state index contributed by atoms with van der Waals surface area (Å²) in [5.74, 6) is -0.641. The average Bonchev–Trinajstić information content (AvgIpc) is 3.38. The summed E-state index contributed by atoms with van der Waals surface area (Å²) < 4.78 is 46.0. The smallest absolute Gasteiger partial charge is 0.303 e. The number of carbonyl (C=O) groups is 1. The van der Waals surface area contributed by atoms with Crippen molar-refractivity contribution in [2.45, 2.75) is 6.92 Å². The number of sulfonamides is 1. The third-order valence-corrected chi connectivity index (χ3v) is 6.77. The number of hydrogen-bond acceptors (Lipinski definition) is 10. The summed E-state index contributed by atoms with van der Waals surface area (Å²) in [6.45, 7) is 2.22. The van der Waals surface area contributed by atoms with Gasteiger partial charge in [0.05, 0.1) is 20.8 Å². The number of pyridine rings is 1. The second-order valence-corrected chi connectivity index (χ2v) is 9.89. The molecular weight excluding hydrogens is 524 g/mol. The van der Waals surface area contributed by atoms with Gasteiger partial charge in [0.15, 0.2) is 5.82 Å². The van der Waals surface area contributed by atoms with Crippen molar-refractivity contribution in [1.82, 2.24) is 24.5 Å². The standard InChI is InChI=1S/C26H28N6O6S/c1-5-38-22-16-9-13-19(27-22)24-28-29-25(32(24)23-20(36-3)14-10-15-21(23)37-4)26(33)30-39(34,35)17-31(2)18-11-7-6-8-12-18/h6-16H,5,17H2,1-4H3,(H,30,33). The summed E-state index contributed by atoms with van der Waals surface area (Å²) >= 11 is 0. The topological polar surface area (TPSA) is 138 Å². The molecule has 1 amide bonds. The van der Waals surface area contributed by atoms with Gasteiger partial charge in [-0.15, -0.1) is 10.2 Å². The van der Waals surface area contributed by atoms with Crippen molar-refractivity contribution in [2.75, 3.05) is 38.7 Å². The van der Waals surface area contributed by atoms with Gasteiger partial charge in [-0.05, 0) is 37.3 Å². The lowest BCUT2D eigenvalue weighted by Gasteiger charge is -2.20. The largest absolute Gasteiger partial charge is 0.494 e. The number of benzene rings is 2. The van der Waals surface area contributed by atoms with Crippen LogP contribution in [-0.4, -0.2) is 67.8 Å². The van der Waals surface area contributed by atoms with Crippen molar-refractivity contribution in [3.05, 3.63) is 72.6 Å². The van der Waals surface area contributed by atoms with Crippen LogP contribution >= 0.6 is 0 Å². The minimum atomic E-state index is -4.13. The van der Waals surface area contributed by atoms with Crippen LogP contribution in [0.5, 0.6) is 17.4 Å². The maximum Gasteiger partial charge on any atom is 0.303 e. The minimum absolute atomic E-state index is 0.142. The Kier molecular flexibility index (Phi) is 8.30. The van der Waals surface area contributed by atoms with Gasteiger partial charge in [-0.1, -0.05) is 30.3 Å². The lowest BCUT2D eigenvalue weighted by molar-refractivity contribution is 0.0969. The van der Waals surface area contributed by atoms with Crippen LogP contribution in [0, 0.1) is 0 Å². The zero-order valence-electron chi connectivity index (χ0n) is 21.9.